The quantitative estimate of drug-likeness (QED) is 0.161. The van der Waals surface area contributed by atoms with Crippen molar-refractivity contribution in [3.8, 4) is 33.4 Å². The van der Waals surface area contributed by atoms with Crippen molar-refractivity contribution in [1.82, 2.24) is 0 Å². The Morgan fingerprint density at radius 2 is 0.895 bits per heavy atom. The van der Waals surface area contributed by atoms with Crippen LogP contribution >= 0.6 is 0 Å². The number of hydrogen-bond donors (Lipinski definition) is 0. The van der Waals surface area contributed by atoms with Crippen LogP contribution < -0.4 is 9.80 Å². The van der Waals surface area contributed by atoms with Crippen LogP contribution in [0.25, 0.3) is 44.2 Å². The minimum absolute atomic E-state index is 0.236. The van der Waals surface area contributed by atoms with Crippen molar-refractivity contribution < 1.29 is 0 Å². The number of hydrogen-bond acceptors (Lipinski definition) is 2. The predicted octanol–water partition coefficient (Wildman–Crippen LogP) is 15.4. The average Bonchev–Trinajstić information content (AvgIpc) is 3.28. The summed E-state index contributed by atoms with van der Waals surface area (Å²) in [6, 6.07) is 79.3. The fraction of sp³-hybridized carbons (Fsp3) is 0.0545. The summed E-state index contributed by atoms with van der Waals surface area (Å²) in [6.45, 7) is 4.75. The van der Waals surface area contributed by atoms with E-state index in [4.69, 9.17) is 0 Å². The maximum atomic E-state index is 2.53. The molecule has 1 aliphatic heterocycles. The van der Waals surface area contributed by atoms with Gasteiger partial charge in [0.2, 0.25) is 0 Å². The number of anilines is 6. The lowest BCUT2D eigenvalue weighted by Crippen LogP contribution is -2.31. The first-order valence-electron chi connectivity index (χ1n) is 19.8. The molecule has 0 bridgehead atoms. The Labute approximate surface area is 335 Å². The third kappa shape index (κ3) is 6.07. The van der Waals surface area contributed by atoms with Crippen molar-refractivity contribution in [3.63, 3.8) is 0 Å². The molecule has 0 radical (unpaired) electrons. The van der Waals surface area contributed by atoms with Crippen molar-refractivity contribution in [2.75, 3.05) is 9.80 Å². The lowest BCUT2D eigenvalue weighted by molar-refractivity contribution is 0.632. The summed E-state index contributed by atoms with van der Waals surface area (Å²) in [5.41, 5.74) is 16.6. The summed E-state index contributed by atoms with van der Waals surface area (Å²) >= 11 is 0. The van der Waals surface area contributed by atoms with Gasteiger partial charge in [-0.05, 0) is 105 Å². The molecule has 0 saturated carbocycles. The van der Waals surface area contributed by atoms with Gasteiger partial charge in [-0.1, -0.05) is 172 Å². The zero-order valence-corrected chi connectivity index (χ0v) is 32.2. The lowest BCUT2D eigenvalue weighted by Gasteiger charge is -2.43. The summed E-state index contributed by atoms with van der Waals surface area (Å²) < 4.78 is 0. The van der Waals surface area contributed by atoms with Crippen LogP contribution in [0.1, 0.15) is 25.0 Å². The zero-order chi connectivity index (χ0) is 38.3. The molecule has 0 aromatic heterocycles. The highest BCUT2D eigenvalue weighted by Gasteiger charge is 2.38. The van der Waals surface area contributed by atoms with Crippen LogP contribution in [0.5, 0.6) is 0 Å². The van der Waals surface area contributed by atoms with Gasteiger partial charge in [0.15, 0.2) is 0 Å². The molecule has 2 nitrogen and oxygen atoms in total. The molecule has 57 heavy (non-hydrogen) atoms. The highest BCUT2D eigenvalue weighted by Crippen LogP contribution is 2.55. The van der Waals surface area contributed by atoms with Crippen LogP contribution in [0.4, 0.5) is 34.1 Å². The van der Waals surface area contributed by atoms with E-state index in [1.807, 2.05) is 0 Å². The Morgan fingerprint density at radius 3 is 1.61 bits per heavy atom. The smallest absolute Gasteiger partial charge is 0.0618 e. The number of nitrogens with zero attached hydrogens (tertiary/aromatic N) is 2. The standard InChI is InChI=1S/C55H42N2/c1-55(2)50-30-14-15-31-52(50)57(54-48-29-13-12-20-40(48)32-34-49(54)39-18-6-3-7-19-39)53-35-33-44(38-51(53)55)42-22-16-21-41(36-42)43-23-17-28-47(37-43)56(45-24-8-4-9-25-45)46-26-10-5-11-27-46/h3-38H,1-2H3. The molecule has 0 atom stereocenters. The molecule has 9 aromatic carbocycles. The van der Waals surface area contributed by atoms with E-state index < -0.39 is 0 Å². The van der Waals surface area contributed by atoms with Crippen molar-refractivity contribution in [1.29, 1.82) is 0 Å². The van der Waals surface area contributed by atoms with Crippen LogP contribution in [0.15, 0.2) is 218 Å². The second-order valence-electron chi connectivity index (χ2n) is 15.4. The van der Waals surface area contributed by atoms with Gasteiger partial charge in [-0.15, -0.1) is 0 Å². The van der Waals surface area contributed by atoms with E-state index in [0.29, 0.717) is 0 Å². The topological polar surface area (TPSA) is 6.48 Å². The van der Waals surface area contributed by atoms with Gasteiger partial charge in [0.1, 0.15) is 0 Å². The molecular formula is C55H42N2. The normalized spacial score (nSPS) is 12.8. The van der Waals surface area contributed by atoms with E-state index >= 15 is 0 Å². The van der Waals surface area contributed by atoms with Gasteiger partial charge in [0.25, 0.3) is 0 Å². The maximum absolute atomic E-state index is 2.53. The SMILES string of the molecule is CC1(C)c2ccccc2N(c2c(-c3ccccc3)ccc3ccccc23)c2ccc(-c3cccc(-c4cccc(N(c5ccccc5)c5ccccc5)c4)c3)cc21. The van der Waals surface area contributed by atoms with Gasteiger partial charge in [0, 0.05) is 33.4 Å². The number of benzene rings is 9. The molecule has 0 spiro atoms. The summed E-state index contributed by atoms with van der Waals surface area (Å²) in [6.07, 6.45) is 0. The van der Waals surface area contributed by atoms with Crippen LogP contribution in [0.2, 0.25) is 0 Å². The minimum Gasteiger partial charge on any atom is -0.310 e. The molecule has 1 aliphatic rings. The van der Waals surface area contributed by atoms with Crippen LogP contribution in [-0.2, 0) is 5.41 Å². The minimum atomic E-state index is -0.236. The summed E-state index contributed by atoms with van der Waals surface area (Å²) in [7, 11) is 0. The van der Waals surface area contributed by atoms with Crippen LogP contribution in [0.3, 0.4) is 0 Å². The molecule has 1 heterocycles. The Bertz CT molecular complexity index is 2840. The van der Waals surface area contributed by atoms with Gasteiger partial charge in [-0.3, -0.25) is 0 Å². The summed E-state index contributed by atoms with van der Waals surface area (Å²) in [5, 5.41) is 2.46. The van der Waals surface area contributed by atoms with Gasteiger partial charge in [-0.2, -0.15) is 0 Å². The van der Waals surface area contributed by atoms with E-state index in [9.17, 15) is 0 Å². The molecule has 0 amide bonds. The third-order valence-corrected chi connectivity index (χ3v) is 11.6. The van der Waals surface area contributed by atoms with Crippen LogP contribution in [0, 0.1) is 0 Å². The fourth-order valence-corrected chi connectivity index (χ4v) is 8.77. The highest BCUT2D eigenvalue weighted by molar-refractivity contribution is 6.07. The fourth-order valence-electron chi connectivity index (χ4n) is 8.77. The second-order valence-corrected chi connectivity index (χ2v) is 15.4. The number of fused-ring (bicyclic) bond motifs is 3. The molecule has 9 aromatic rings. The number of para-hydroxylation sites is 3. The van der Waals surface area contributed by atoms with Crippen molar-refractivity contribution in [3.05, 3.63) is 230 Å². The van der Waals surface area contributed by atoms with Crippen molar-refractivity contribution >= 4 is 44.9 Å². The molecule has 2 heteroatoms. The average molecular weight is 731 g/mol. The van der Waals surface area contributed by atoms with Crippen molar-refractivity contribution in [2.24, 2.45) is 0 Å². The molecule has 0 aliphatic carbocycles. The van der Waals surface area contributed by atoms with E-state index in [-0.39, 0.29) is 5.41 Å². The van der Waals surface area contributed by atoms with Crippen LogP contribution in [-0.4, -0.2) is 0 Å². The van der Waals surface area contributed by atoms with E-state index in [1.54, 1.807) is 0 Å². The predicted molar refractivity (Wildman–Crippen MR) is 242 cm³/mol. The highest BCUT2D eigenvalue weighted by atomic mass is 15.2. The van der Waals surface area contributed by atoms with Gasteiger partial charge in [-0.25, -0.2) is 0 Å². The molecule has 272 valence electrons. The molecule has 0 saturated heterocycles. The maximum Gasteiger partial charge on any atom is 0.0618 e. The molecule has 0 fully saturated rings. The van der Waals surface area contributed by atoms with E-state index in [2.05, 4.69) is 242 Å². The first-order chi connectivity index (χ1) is 28.0. The summed E-state index contributed by atoms with van der Waals surface area (Å²) in [4.78, 5) is 4.85. The monoisotopic (exact) mass is 730 g/mol. The first kappa shape index (κ1) is 34.3. The van der Waals surface area contributed by atoms with Gasteiger partial charge in [0.05, 0.1) is 17.1 Å². The Morgan fingerprint density at radius 1 is 0.368 bits per heavy atom. The molecule has 0 N–H and O–H groups in total. The van der Waals surface area contributed by atoms with Gasteiger partial charge < -0.3 is 9.80 Å². The van der Waals surface area contributed by atoms with E-state index in [0.717, 1.165) is 17.1 Å². The first-order valence-corrected chi connectivity index (χ1v) is 19.8. The third-order valence-electron chi connectivity index (χ3n) is 11.6. The van der Waals surface area contributed by atoms with E-state index in [1.165, 1.54) is 72.3 Å². The Kier molecular flexibility index (Phi) is 8.53. The Balaban J connectivity index is 1.10. The molecule has 0 unspecified atom stereocenters. The molecule has 10 rings (SSSR count). The summed E-state index contributed by atoms with van der Waals surface area (Å²) in [5.74, 6) is 0. The molecular weight excluding hydrogens is 689 g/mol. The lowest BCUT2D eigenvalue weighted by atomic mass is 9.72. The second kappa shape index (κ2) is 14.2. The number of rotatable bonds is 7. The van der Waals surface area contributed by atoms with Gasteiger partial charge >= 0.3 is 0 Å². The van der Waals surface area contributed by atoms with Crippen molar-refractivity contribution in [2.45, 2.75) is 19.3 Å². The largest absolute Gasteiger partial charge is 0.310 e. The Hall–Kier alpha value is -7.16. The zero-order valence-electron chi connectivity index (χ0n) is 32.2.